The molecule has 0 spiro atoms. The summed E-state index contributed by atoms with van der Waals surface area (Å²) < 4.78 is 5.93. The Labute approximate surface area is 226 Å². The third-order valence-corrected chi connectivity index (χ3v) is 6.93. The molecule has 3 heterocycles. The summed E-state index contributed by atoms with van der Waals surface area (Å²) in [6, 6.07) is 13.5. The van der Waals surface area contributed by atoms with Crippen molar-refractivity contribution in [3.05, 3.63) is 76.6 Å². The van der Waals surface area contributed by atoms with Gasteiger partial charge >= 0.3 is 0 Å². The van der Waals surface area contributed by atoms with Crippen LogP contribution >= 0.6 is 0 Å². The first-order valence-corrected chi connectivity index (χ1v) is 13.0. The summed E-state index contributed by atoms with van der Waals surface area (Å²) in [7, 11) is 1.83. The number of aliphatic imine (C=N–C) groups is 1. The molecule has 0 fully saturated rings. The van der Waals surface area contributed by atoms with Gasteiger partial charge in [0.15, 0.2) is 0 Å². The molecule has 202 valence electrons. The molecule has 1 aromatic heterocycles. The molecule has 4 N–H and O–H groups in total. The minimum absolute atomic E-state index is 0.0695. The fourth-order valence-corrected chi connectivity index (χ4v) is 4.77. The quantitative estimate of drug-likeness (QED) is 0.358. The number of fused-ring (bicyclic) bond motifs is 2. The number of nitrogens with zero attached hydrogens (tertiary/aromatic N) is 2. The van der Waals surface area contributed by atoms with E-state index >= 15 is 0 Å². The number of carbonyl (C=O) groups excluding carboxylic acids is 3. The number of benzene rings is 2. The number of aryl methyl sites for hydroxylation is 1. The molecular formula is C29H32N6O4. The Kier molecular flexibility index (Phi) is 7.36. The Morgan fingerprint density at radius 3 is 2.74 bits per heavy atom. The second kappa shape index (κ2) is 11.0. The van der Waals surface area contributed by atoms with E-state index in [4.69, 9.17) is 4.74 Å². The summed E-state index contributed by atoms with van der Waals surface area (Å²) >= 11 is 0. The highest BCUT2D eigenvalue weighted by molar-refractivity contribution is 6.46. The van der Waals surface area contributed by atoms with E-state index in [0.717, 1.165) is 34.5 Å². The Hall–Kier alpha value is -4.60. The summed E-state index contributed by atoms with van der Waals surface area (Å²) in [5.41, 5.74) is 5.45. The maximum Gasteiger partial charge on any atom is 0.272 e. The van der Waals surface area contributed by atoms with Crippen molar-refractivity contribution < 1.29 is 19.1 Å². The summed E-state index contributed by atoms with van der Waals surface area (Å²) in [6.45, 7) is 4.59. The van der Waals surface area contributed by atoms with Gasteiger partial charge in [-0.1, -0.05) is 37.3 Å². The van der Waals surface area contributed by atoms with E-state index in [2.05, 4.69) is 25.9 Å². The molecule has 2 aliphatic rings. The van der Waals surface area contributed by atoms with Crippen molar-refractivity contribution in [2.45, 2.75) is 39.3 Å². The number of para-hydroxylation sites is 1. The number of hydrogen-bond donors (Lipinski definition) is 4. The molecule has 0 saturated carbocycles. The van der Waals surface area contributed by atoms with Gasteiger partial charge in [-0.2, -0.15) is 0 Å². The van der Waals surface area contributed by atoms with Crippen LogP contribution in [0.1, 0.15) is 46.1 Å². The third-order valence-electron chi connectivity index (χ3n) is 6.93. The van der Waals surface area contributed by atoms with E-state index in [1.165, 1.54) is 0 Å². The number of H-pyrrole nitrogens is 1. The molecule has 39 heavy (non-hydrogen) atoms. The zero-order valence-electron chi connectivity index (χ0n) is 22.3. The Morgan fingerprint density at radius 1 is 1.13 bits per heavy atom. The lowest BCUT2D eigenvalue weighted by Crippen LogP contribution is -2.38. The molecule has 0 saturated heterocycles. The fourth-order valence-electron chi connectivity index (χ4n) is 4.77. The average Bonchev–Trinajstić information content (AvgIpc) is 3.57. The maximum atomic E-state index is 13.1. The van der Waals surface area contributed by atoms with Crippen molar-refractivity contribution in [3.63, 3.8) is 0 Å². The van der Waals surface area contributed by atoms with E-state index in [9.17, 15) is 14.4 Å². The molecular weight excluding hydrogens is 496 g/mol. The maximum absolute atomic E-state index is 13.1. The minimum atomic E-state index is -0.352. The second-order valence-electron chi connectivity index (χ2n) is 9.77. The van der Waals surface area contributed by atoms with Crippen molar-refractivity contribution in [3.8, 4) is 5.75 Å². The van der Waals surface area contributed by atoms with Crippen LogP contribution in [0, 0.1) is 6.92 Å². The first-order valence-electron chi connectivity index (χ1n) is 13.0. The van der Waals surface area contributed by atoms with Gasteiger partial charge in [0, 0.05) is 38.3 Å². The van der Waals surface area contributed by atoms with Crippen LogP contribution in [0.3, 0.4) is 0 Å². The standard InChI is InChI=1S/C29H32N6O4/c1-4-24(36)34-22-11-18(10-9-17(22)2)13-31-29(38)26-25-27(35(3)16-33-26)21(15-30-25)28(37)32-14-20-12-19-7-5-6-8-23(19)39-20/h5-11,15,20,30H,4,12-14,16H2,1-3H3,(H,31,38)(H,32,37)(H,34,36). The molecule has 10 heteroatoms. The van der Waals surface area contributed by atoms with Crippen molar-refractivity contribution in [2.24, 2.45) is 4.99 Å². The number of hydrogen-bond acceptors (Lipinski definition) is 6. The van der Waals surface area contributed by atoms with Crippen molar-refractivity contribution in [2.75, 3.05) is 30.5 Å². The third kappa shape index (κ3) is 5.50. The number of anilines is 2. The number of rotatable bonds is 8. The Balaban J connectivity index is 1.23. The van der Waals surface area contributed by atoms with Gasteiger partial charge < -0.3 is 30.6 Å². The van der Waals surface area contributed by atoms with Gasteiger partial charge in [0.1, 0.15) is 24.2 Å². The van der Waals surface area contributed by atoms with Crippen LogP contribution in [0.15, 0.2) is 53.7 Å². The van der Waals surface area contributed by atoms with Crippen LogP contribution in [0.4, 0.5) is 11.4 Å². The van der Waals surface area contributed by atoms with Crippen LogP contribution in [0.2, 0.25) is 0 Å². The average molecular weight is 529 g/mol. The topological polar surface area (TPSA) is 128 Å². The molecule has 10 nitrogen and oxygen atoms in total. The van der Waals surface area contributed by atoms with Crippen LogP contribution in [0.25, 0.3) is 0 Å². The summed E-state index contributed by atoms with van der Waals surface area (Å²) in [6.07, 6.45) is 2.61. The number of amides is 3. The lowest BCUT2D eigenvalue weighted by Gasteiger charge is -2.24. The lowest BCUT2D eigenvalue weighted by molar-refractivity contribution is -0.116. The van der Waals surface area contributed by atoms with Crippen molar-refractivity contribution in [1.82, 2.24) is 15.6 Å². The molecule has 1 unspecified atom stereocenters. The molecule has 0 bridgehead atoms. The van der Waals surface area contributed by atoms with E-state index in [-0.39, 0.29) is 42.8 Å². The number of carbonyl (C=O) groups is 3. The van der Waals surface area contributed by atoms with Gasteiger partial charge in [-0.3, -0.25) is 19.4 Å². The normalized spacial score (nSPS) is 15.5. The summed E-state index contributed by atoms with van der Waals surface area (Å²) in [4.78, 5) is 47.4. The smallest absolute Gasteiger partial charge is 0.272 e. The SMILES string of the molecule is CCC(=O)Nc1cc(CNC(=O)C2=NCN(C)c3c(C(=O)NCC4Cc5ccccc5O4)c[nH]c32)ccc1C. The predicted octanol–water partition coefficient (Wildman–Crippen LogP) is 2.92. The van der Waals surface area contributed by atoms with E-state index < -0.39 is 0 Å². The Morgan fingerprint density at radius 2 is 1.95 bits per heavy atom. The van der Waals surface area contributed by atoms with Crippen molar-refractivity contribution in [1.29, 1.82) is 0 Å². The van der Waals surface area contributed by atoms with Crippen LogP contribution in [0.5, 0.6) is 5.75 Å². The number of aromatic nitrogens is 1. The van der Waals surface area contributed by atoms with Gasteiger partial charge in [0.05, 0.1) is 23.5 Å². The zero-order chi connectivity index (χ0) is 27.5. The Bertz CT molecular complexity index is 1430. The number of ether oxygens (including phenoxy) is 1. The molecule has 5 rings (SSSR count). The molecule has 0 aliphatic carbocycles. The van der Waals surface area contributed by atoms with Gasteiger partial charge in [0.2, 0.25) is 5.91 Å². The summed E-state index contributed by atoms with van der Waals surface area (Å²) in [5, 5.41) is 8.76. The molecule has 3 amide bonds. The highest BCUT2D eigenvalue weighted by Gasteiger charge is 2.30. The van der Waals surface area contributed by atoms with Crippen LogP contribution in [-0.2, 0) is 22.6 Å². The highest BCUT2D eigenvalue weighted by atomic mass is 16.5. The molecule has 2 aromatic carbocycles. The number of nitrogens with one attached hydrogen (secondary N) is 4. The van der Waals surface area contributed by atoms with E-state index in [1.54, 1.807) is 13.1 Å². The lowest BCUT2D eigenvalue weighted by atomic mass is 10.1. The van der Waals surface area contributed by atoms with E-state index in [1.807, 2.05) is 61.3 Å². The van der Waals surface area contributed by atoms with Crippen LogP contribution in [-0.4, -0.2) is 54.8 Å². The first kappa shape index (κ1) is 26.0. The molecule has 2 aliphatic heterocycles. The molecule has 1 atom stereocenters. The van der Waals surface area contributed by atoms with Gasteiger partial charge in [-0.05, 0) is 35.7 Å². The van der Waals surface area contributed by atoms with Gasteiger partial charge in [-0.25, -0.2) is 0 Å². The second-order valence-corrected chi connectivity index (χ2v) is 9.77. The zero-order valence-corrected chi connectivity index (χ0v) is 22.3. The summed E-state index contributed by atoms with van der Waals surface area (Å²) in [5.74, 6) is 0.187. The first-order chi connectivity index (χ1) is 18.8. The minimum Gasteiger partial charge on any atom is -0.488 e. The predicted molar refractivity (Wildman–Crippen MR) is 149 cm³/mol. The van der Waals surface area contributed by atoms with Gasteiger partial charge in [-0.15, -0.1) is 0 Å². The molecule has 0 radical (unpaired) electrons. The monoisotopic (exact) mass is 528 g/mol. The largest absolute Gasteiger partial charge is 0.488 e. The fraction of sp³-hybridized carbons (Fsp3) is 0.310. The van der Waals surface area contributed by atoms with Crippen LogP contribution < -0.4 is 25.6 Å². The number of aromatic amines is 1. The molecule has 3 aromatic rings. The highest BCUT2D eigenvalue weighted by Crippen LogP contribution is 2.30. The van der Waals surface area contributed by atoms with Gasteiger partial charge in [0.25, 0.3) is 11.8 Å². The van der Waals surface area contributed by atoms with Crippen molar-refractivity contribution >= 4 is 34.8 Å². The van der Waals surface area contributed by atoms with E-state index in [0.29, 0.717) is 29.9 Å².